The molecule has 0 spiro atoms. The van der Waals surface area contributed by atoms with Crippen molar-refractivity contribution in [2.75, 3.05) is 37.7 Å². The number of anilines is 1. The molecular weight excluding hydrogens is 499 g/mol. The number of rotatable bonds is 5. The van der Waals surface area contributed by atoms with Gasteiger partial charge in [0.05, 0.1) is 10.9 Å². The predicted octanol–water partition coefficient (Wildman–Crippen LogP) is 4.71. The molecule has 1 atom stereocenters. The average Bonchev–Trinajstić information content (AvgIpc) is 3.32. The quantitative estimate of drug-likeness (QED) is 0.551. The summed E-state index contributed by atoms with van der Waals surface area (Å²) in [5.74, 6) is -0.152. The number of carbonyl (C=O) groups excluding carboxylic acids is 1. The van der Waals surface area contributed by atoms with Gasteiger partial charge in [0.1, 0.15) is 23.5 Å². The maximum atomic E-state index is 15.1. The summed E-state index contributed by atoms with van der Waals surface area (Å²) in [6.07, 6.45) is 8.17. The van der Waals surface area contributed by atoms with Crippen molar-refractivity contribution in [3.05, 3.63) is 17.2 Å². The first kappa shape index (κ1) is 26.2. The van der Waals surface area contributed by atoms with Crippen LogP contribution in [0.3, 0.4) is 0 Å². The normalized spacial score (nSPS) is 22.1. The molecule has 9 nitrogen and oxygen atoms in total. The third kappa shape index (κ3) is 5.70. The number of fused-ring (bicyclic) bond motifs is 2. The molecule has 0 aliphatic carbocycles. The fourth-order valence-electron chi connectivity index (χ4n) is 5.89. The van der Waals surface area contributed by atoms with Crippen LogP contribution in [0.2, 0.25) is 5.15 Å². The third-order valence-corrected chi connectivity index (χ3v) is 7.84. The molecule has 5 heterocycles. The summed E-state index contributed by atoms with van der Waals surface area (Å²) >= 11 is 6.02. The lowest BCUT2D eigenvalue weighted by Gasteiger charge is -2.31. The second-order valence-electron chi connectivity index (χ2n) is 11.4. The van der Waals surface area contributed by atoms with Gasteiger partial charge in [0.2, 0.25) is 0 Å². The Morgan fingerprint density at radius 1 is 1.19 bits per heavy atom. The Morgan fingerprint density at radius 2 is 1.95 bits per heavy atom. The van der Waals surface area contributed by atoms with Crippen molar-refractivity contribution in [1.82, 2.24) is 25.2 Å². The molecule has 0 aromatic carbocycles. The van der Waals surface area contributed by atoms with E-state index >= 15 is 4.39 Å². The van der Waals surface area contributed by atoms with E-state index in [1.807, 2.05) is 20.8 Å². The first-order chi connectivity index (χ1) is 17.6. The second-order valence-corrected chi connectivity index (χ2v) is 11.8. The Morgan fingerprint density at radius 3 is 2.68 bits per heavy atom. The van der Waals surface area contributed by atoms with E-state index < -0.39 is 17.5 Å². The fourth-order valence-corrected chi connectivity index (χ4v) is 6.03. The number of aromatic nitrogens is 3. The fraction of sp³-hybridized carbons (Fsp3) is 0.692. The number of hydrogen-bond acceptors (Lipinski definition) is 8. The Kier molecular flexibility index (Phi) is 7.33. The van der Waals surface area contributed by atoms with Crippen molar-refractivity contribution in [2.45, 2.75) is 82.9 Å². The summed E-state index contributed by atoms with van der Waals surface area (Å²) in [4.78, 5) is 30.2. The molecule has 11 heteroatoms. The van der Waals surface area contributed by atoms with Crippen molar-refractivity contribution in [3.63, 3.8) is 0 Å². The predicted molar refractivity (Wildman–Crippen MR) is 140 cm³/mol. The lowest BCUT2D eigenvalue weighted by atomic mass is 9.95. The summed E-state index contributed by atoms with van der Waals surface area (Å²) in [6.45, 7) is 9.34. The van der Waals surface area contributed by atoms with Crippen LogP contribution in [0.1, 0.15) is 65.7 Å². The number of amides is 1. The molecule has 37 heavy (non-hydrogen) atoms. The molecule has 1 N–H and O–H groups in total. The molecule has 3 saturated heterocycles. The monoisotopic (exact) mass is 534 g/mol. The topological polar surface area (TPSA) is 92.7 Å². The van der Waals surface area contributed by atoms with Crippen LogP contribution in [-0.4, -0.2) is 75.9 Å². The number of hydrogen-bond donors (Lipinski definition) is 1. The number of nitrogens with zero attached hydrogens (tertiary/aromatic N) is 5. The van der Waals surface area contributed by atoms with E-state index in [9.17, 15) is 4.79 Å². The summed E-state index contributed by atoms with van der Waals surface area (Å²) in [5, 5.41) is 3.22. The number of pyridine rings is 1. The lowest BCUT2D eigenvalue weighted by Crippen LogP contribution is -2.45. The number of halogens is 2. The van der Waals surface area contributed by atoms with Gasteiger partial charge in [-0.25, -0.2) is 14.2 Å². The molecule has 0 radical (unpaired) electrons. The summed E-state index contributed by atoms with van der Waals surface area (Å²) in [5.41, 5.74) is -0.481. The van der Waals surface area contributed by atoms with Gasteiger partial charge in [-0.15, -0.1) is 0 Å². The Balaban J connectivity index is 1.43. The van der Waals surface area contributed by atoms with Gasteiger partial charge in [-0.05, 0) is 78.8 Å². The largest absolute Gasteiger partial charge is 0.461 e. The van der Waals surface area contributed by atoms with Gasteiger partial charge in [-0.1, -0.05) is 11.6 Å². The van der Waals surface area contributed by atoms with Crippen LogP contribution in [0.5, 0.6) is 6.01 Å². The highest BCUT2D eigenvalue weighted by Gasteiger charge is 2.45. The molecule has 0 bridgehead atoms. The highest BCUT2D eigenvalue weighted by molar-refractivity contribution is 6.30. The maximum Gasteiger partial charge on any atom is 0.407 e. The Bertz CT molecular complexity index is 1150. The molecule has 3 fully saturated rings. The molecule has 2 aromatic rings. The molecule has 2 aromatic heterocycles. The highest BCUT2D eigenvalue weighted by atomic mass is 35.5. The van der Waals surface area contributed by atoms with E-state index in [0.29, 0.717) is 30.9 Å². The van der Waals surface area contributed by atoms with E-state index in [2.05, 4.69) is 25.1 Å². The van der Waals surface area contributed by atoms with Crippen LogP contribution in [0.15, 0.2) is 6.20 Å². The SMILES string of the molecule is CC(C)(C)OC(=O)NC1CCCCN(c2nc(OCC34CCCN3CCC4)nc3c(F)c(Cl)ncc23)C1. The van der Waals surface area contributed by atoms with Gasteiger partial charge in [-0.2, -0.15) is 9.97 Å². The van der Waals surface area contributed by atoms with Gasteiger partial charge in [0.15, 0.2) is 11.0 Å². The smallest absolute Gasteiger partial charge is 0.407 e. The molecule has 202 valence electrons. The van der Waals surface area contributed by atoms with E-state index in [4.69, 9.17) is 26.1 Å². The van der Waals surface area contributed by atoms with Crippen LogP contribution >= 0.6 is 11.6 Å². The van der Waals surface area contributed by atoms with Gasteiger partial charge in [0, 0.05) is 25.3 Å². The summed E-state index contributed by atoms with van der Waals surface area (Å²) < 4.78 is 26.8. The zero-order chi connectivity index (χ0) is 26.2. The van der Waals surface area contributed by atoms with Gasteiger partial charge >= 0.3 is 12.1 Å². The first-order valence-corrected chi connectivity index (χ1v) is 13.7. The van der Waals surface area contributed by atoms with Gasteiger partial charge in [-0.3, -0.25) is 4.90 Å². The van der Waals surface area contributed by atoms with E-state index in [1.54, 1.807) is 0 Å². The summed E-state index contributed by atoms with van der Waals surface area (Å²) in [6, 6.07) is -0.0149. The molecule has 5 rings (SSSR count). The third-order valence-electron chi connectivity index (χ3n) is 7.57. The molecular formula is C26H36ClFN6O3. The maximum absolute atomic E-state index is 15.1. The zero-order valence-corrected chi connectivity index (χ0v) is 22.6. The van der Waals surface area contributed by atoms with Crippen LogP contribution < -0.4 is 15.0 Å². The molecule has 3 aliphatic heterocycles. The van der Waals surface area contributed by atoms with Crippen LogP contribution in [0.4, 0.5) is 15.0 Å². The average molecular weight is 535 g/mol. The van der Waals surface area contributed by atoms with Crippen molar-refractivity contribution in [1.29, 1.82) is 0 Å². The first-order valence-electron chi connectivity index (χ1n) is 13.3. The van der Waals surface area contributed by atoms with Gasteiger partial charge < -0.3 is 19.7 Å². The minimum Gasteiger partial charge on any atom is -0.461 e. The van der Waals surface area contributed by atoms with E-state index in [0.717, 1.165) is 58.0 Å². The van der Waals surface area contributed by atoms with Crippen molar-refractivity contribution < 1.29 is 18.7 Å². The Hall–Kier alpha value is -2.46. The second kappa shape index (κ2) is 10.4. The number of ether oxygens (including phenoxy) is 2. The lowest BCUT2D eigenvalue weighted by molar-refractivity contribution is 0.0504. The van der Waals surface area contributed by atoms with Crippen molar-refractivity contribution >= 4 is 34.4 Å². The summed E-state index contributed by atoms with van der Waals surface area (Å²) in [7, 11) is 0. The molecule has 3 aliphatic rings. The van der Waals surface area contributed by atoms with E-state index in [-0.39, 0.29) is 28.3 Å². The standard InChI is InChI=1S/C26H36ClFN6O3/c1-25(2,3)37-24(35)30-17-8-4-5-11-33(15-17)22-18-14-29-21(27)19(28)20(18)31-23(32-22)36-16-26-9-6-12-34(26)13-7-10-26/h14,17H,4-13,15-16H2,1-3H3,(H,30,35). The molecule has 0 saturated carbocycles. The number of carbonyl (C=O) groups is 1. The minimum atomic E-state index is -0.688. The van der Waals surface area contributed by atoms with E-state index in [1.165, 1.54) is 6.20 Å². The Labute approximate surface area is 222 Å². The number of nitrogens with one attached hydrogen (secondary N) is 1. The minimum absolute atomic E-state index is 0.0119. The van der Waals surface area contributed by atoms with Crippen molar-refractivity contribution in [3.8, 4) is 6.01 Å². The van der Waals surface area contributed by atoms with Crippen molar-refractivity contribution in [2.24, 2.45) is 0 Å². The molecule has 1 amide bonds. The highest BCUT2D eigenvalue weighted by Crippen LogP contribution is 2.39. The van der Waals surface area contributed by atoms with Gasteiger partial charge in [0.25, 0.3) is 0 Å². The zero-order valence-electron chi connectivity index (χ0n) is 21.9. The van der Waals surface area contributed by atoms with Crippen LogP contribution in [-0.2, 0) is 4.74 Å². The van der Waals surface area contributed by atoms with Crippen LogP contribution in [0, 0.1) is 5.82 Å². The van der Waals surface area contributed by atoms with Crippen LogP contribution in [0.25, 0.3) is 10.9 Å². The number of alkyl carbamates (subject to hydrolysis) is 1. The molecule has 1 unspecified atom stereocenters.